The maximum atomic E-state index is 12.0. The molecule has 0 bridgehead atoms. The normalized spacial score (nSPS) is 10.3. The zero-order chi connectivity index (χ0) is 13.0. The zero-order valence-corrected chi connectivity index (χ0v) is 11.0. The maximum Gasteiger partial charge on any atom is 0.273 e. The van der Waals surface area contributed by atoms with Crippen LogP contribution in [-0.4, -0.2) is 29.4 Å². The highest BCUT2D eigenvalue weighted by Crippen LogP contribution is 2.12. The lowest BCUT2D eigenvalue weighted by Gasteiger charge is -2.15. The van der Waals surface area contributed by atoms with E-state index in [2.05, 4.69) is 17.1 Å². The molecule has 0 aliphatic carbocycles. The van der Waals surface area contributed by atoms with Crippen LogP contribution in [0.1, 0.15) is 16.1 Å². The van der Waals surface area contributed by atoms with Crippen molar-refractivity contribution < 1.29 is 4.79 Å². The van der Waals surface area contributed by atoms with Gasteiger partial charge in [-0.3, -0.25) is 4.79 Å². The number of rotatable bonds is 4. The first kappa shape index (κ1) is 12.6. The highest BCUT2D eigenvalue weighted by atomic mass is 32.1. The molecular weight excluding hydrogens is 246 g/mol. The molecule has 2 N–H and O–H groups in total. The number of hydrogen-bond acceptors (Lipinski definition) is 4. The summed E-state index contributed by atoms with van der Waals surface area (Å²) in [6, 6.07) is 10.1. The quantitative estimate of drug-likeness (QED) is 0.916. The van der Waals surface area contributed by atoms with E-state index in [1.165, 1.54) is 16.9 Å². The molecule has 0 spiro atoms. The predicted molar refractivity (Wildman–Crippen MR) is 73.6 cm³/mol. The molecule has 0 aliphatic rings. The zero-order valence-electron chi connectivity index (χ0n) is 10.2. The average Bonchev–Trinajstić information content (AvgIpc) is 2.83. The molecular formula is C13H15N3OS. The van der Waals surface area contributed by atoms with Crippen molar-refractivity contribution >= 4 is 22.4 Å². The third-order valence-electron chi connectivity index (χ3n) is 2.67. The Balaban J connectivity index is 1.92. The molecule has 0 unspecified atom stereocenters. The molecule has 1 aromatic heterocycles. The van der Waals surface area contributed by atoms with Gasteiger partial charge in [0, 0.05) is 19.0 Å². The van der Waals surface area contributed by atoms with Crippen LogP contribution in [0, 0.1) is 0 Å². The molecule has 0 saturated carbocycles. The van der Waals surface area contributed by atoms with Crippen molar-refractivity contribution in [2.24, 2.45) is 0 Å². The van der Waals surface area contributed by atoms with E-state index in [-0.39, 0.29) is 5.91 Å². The fraction of sp³-hybridized carbons (Fsp3) is 0.231. The first-order valence-corrected chi connectivity index (χ1v) is 6.55. The third kappa shape index (κ3) is 3.07. The van der Waals surface area contributed by atoms with Crippen molar-refractivity contribution in [3.63, 3.8) is 0 Å². The Bertz CT molecular complexity index is 524. The number of aromatic nitrogens is 1. The van der Waals surface area contributed by atoms with Gasteiger partial charge in [0.2, 0.25) is 0 Å². The molecule has 0 atom stereocenters. The van der Waals surface area contributed by atoms with Crippen molar-refractivity contribution in [1.82, 2.24) is 9.88 Å². The van der Waals surface area contributed by atoms with E-state index in [0.717, 1.165) is 6.42 Å². The van der Waals surface area contributed by atoms with E-state index in [4.69, 9.17) is 5.73 Å². The van der Waals surface area contributed by atoms with Gasteiger partial charge in [-0.1, -0.05) is 30.3 Å². The number of nitrogens with zero attached hydrogens (tertiary/aromatic N) is 2. The predicted octanol–water partition coefficient (Wildman–Crippen LogP) is 2.04. The molecule has 4 nitrogen and oxygen atoms in total. The van der Waals surface area contributed by atoms with Crippen LogP contribution < -0.4 is 5.73 Å². The van der Waals surface area contributed by atoms with Gasteiger partial charge in [-0.25, -0.2) is 4.98 Å². The first-order chi connectivity index (χ1) is 8.66. The lowest BCUT2D eigenvalue weighted by Crippen LogP contribution is -2.29. The SMILES string of the molecule is CN(CCc1ccccc1)C(=O)c1csc(N)n1. The standard InChI is InChI=1S/C13H15N3OS/c1-16(8-7-10-5-3-2-4-6-10)12(17)11-9-18-13(14)15-11/h2-6,9H,7-8H2,1H3,(H2,14,15). The smallest absolute Gasteiger partial charge is 0.273 e. The van der Waals surface area contributed by atoms with Gasteiger partial charge in [0.15, 0.2) is 5.13 Å². The van der Waals surface area contributed by atoms with Gasteiger partial charge in [0.1, 0.15) is 5.69 Å². The number of carbonyl (C=O) groups is 1. The number of nitrogen functional groups attached to an aromatic ring is 1. The number of anilines is 1. The number of likely N-dealkylation sites (N-methyl/N-ethyl adjacent to an activating group) is 1. The van der Waals surface area contributed by atoms with Gasteiger partial charge in [-0.2, -0.15) is 0 Å². The Hall–Kier alpha value is -1.88. The Labute approximate surface area is 110 Å². The molecule has 0 saturated heterocycles. The monoisotopic (exact) mass is 261 g/mol. The van der Waals surface area contributed by atoms with E-state index in [0.29, 0.717) is 17.4 Å². The first-order valence-electron chi connectivity index (χ1n) is 5.67. The number of nitrogens with two attached hydrogens (primary N) is 1. The highest BCUT2D eigenvalue weighted by Gasteiger charge is 2.14. The number of hydrogen-bond donors (Lipinski definition) is 1. The van der Waals surface area contributed by atoms with Crippen molar-refractivity contribution in [2.75, 3.05) is 19.3 Å². The number of amides is 1. The van der Waals surface area contributed by atoms with Crippen LogP contribution in [0.2, 0.25) is 0 Å². The van der Waals surface area contributed by atoms with Crippen LogP contribution in [0.25, 0.3) is 0 Å². The van der Waals surface area contributed by atoms with Gasteiger partial charge in [-0.15, -0.1) is 11.3 Å². The van der Waals surface area contributed by atoms with Crippen molar-refractivity contribution in [3.8, 4) is 0 Å². The molecule has 2 rings (SSSR count). The summed E-state index contributed by atoms with van der Waals surface area (Å²) in [6.45, 7) is 0.667. The second kappa shape index (κ2) is 5.64. The van der Waals surface area contributed by atoms with Gasteiger partial charge in [0.05, 0.1) is 0 Å². The Morgan fingerprint density at radius 3 is 2.72 bits per heavy atom. The molecule has 94 valence electrons. The van der Waals surface area contributed by atoms with Crippen LogP contribution >= 0.6 is 11.3 Å². The Morgan fingerprint density at radius 1 is 1.39 bits per heavy atom. The third-order valence-corrected chi connectivity index (χ3v) is 3.34. The summed E-state index contributed by atoms with van der Waals surface area (Å²) in [6.07, 6.45) is 0.836. The lowest BCUT2D eigenvalue weighted by molar-refractivity contribution is 0.0792. The topological polar surface area (TPSA) is 59.2 Å². The van der Waals surface area contributed by atoms with Crippen LogP contribution in [0.15, 0.2) is 35.7 Å². The van der Waals surface area contributed by atoms with E-state index in [1.807, 2.05) is 18.2 Å². The average molecular weight is 261 g/mol. The minimum Gasteiger partial charge on any atom is -0.375 e. The molecule has 5 heteroatoms. The number of benzene rings is 1. The summed E-state index contributed by atoms with van der Waals surface area (Å²) in [7, 11) is 1.78. The Morgan fingerprint density at radius 2 is 2.11 bits per heavy atom. The summed E-state index contributed by atoms with van der Waals surface area (Å²) >= 11 is 1.28. The summed E-state index contributed by atoms with van der Waals surface area (Å²) in [4.78, 5) is 17.7. The van der Waals surface area contributed by atoms with Gasteiger partial charge >= 0.3 is 0 Å². The van der Waals surface area contributed by atoms with E-state index < -0.39 is 0 Å². The molecule has 0 aliphatic heterocycles. The summed E-state index contributed by atoms with van der Waals surface area (Å²) in [5, 5.41) is 2.12. The van der Waals surface area contributed by atoms with E-state index in [1.54, 1.807) is 17.3 Å². The van der Waals surface area contributed by atoms with Crippen molar-refractivity contribution in [3.05, 3.63) is 47.0 Å². The second-order valence-corrected chi connectivity index (χ2v) is 4.92. The van der Waals surface area contributed by atoms with Crippen LogP contribution in [0.5, 0.6) is 0 Å². The van der Waals surface area contributed by atoms with Gasteiger partial charge in [0.25, 0.3) is 5.91 Å². The molecule has 18 heavy (non-hydrogen) atoms. The molecule has 1 heterocycles. The molecule has 0 radical (unpaired) electrons. The van der Waals surface area contributed by atoms with E-state index in [9.17, 15) is 4.79 Å². The summed E-state index contributed by atoms with van der Waals surface area (Å²) < 4.78 is 0. The van der Waals surface area contributed by atoms with Crippen LogP contribution in [0.3, 0.4) is 0 Å². The number of carbonyl (C=O) groups excluding carboxylic acids is 1. The van der Waals surface area contributed by atoms with Gasteiger partial charge < -0.3 is 10.6 Å². The molecule has 1 aromatic carbocycles. The Kier molecular flexibility index (Phi) is 3.94. The maximum absolute atomic E-state index is 12.0. The highest BCUT2D eigenvalue weighted by molar-refractivity contribution is 7.13. The summed E-state index contributed by atoms with van der Waals surface area (Å²) in [5.41, 5.74) is 7.16. The van der Waals surface area contributed by atoms with Gasteiger partial charge in [-0.05, 0) is 12.0 Å². The fourth-order valence-electron chi connectivity index (χ4n) is 1.62. The molecule has 1 amide bonds. The van der Waals surface area contributed by atoms with Crippen LogP contribution in [0.4, 0.5) is 5.13 Å². The fourth-order valence-corrected chi connectivity index (χ4v) is 2.16. The van der Waals surface area contributed by atoms with E-state index >= 15 is 0 Å². The minimum absolute atomic E-state index is 0.0844. The summed E-state index contributed by atoms with van der Waals surface area (Å²) in [5.74, 6) is -0.0844. The number of thiazole rings is 1. The second-order valence-electron chi connectivity index (χ2n) is 4.03. The van der Waals surface area contributed by atoms with Crippen LogP contribution in [-0.2, 0) is 6.42 Å². The van der Waals surface area contributed by atoms with Crippen molar-refractivity contribution in [2.45, 2.75) is 6.42 Å². The minimum atomic E-state index is -0.0844. The molecule has 0 fully saturated rings. The molecule has 2 aromatic rings. The lowest BCUT2D eigenvalue weighted by atomic mass is 10.1. The van der Waals surface area contributed by atoms with Crippen molar-refractivity contribution in [1.29, 1.82) is 0 Å². The largest absolute Gasteiger partial charge is 0.375 e.